The van der Waals surface area contributed by atoms with Crippen molar-refractivity contribution in [2.24, 2.45) is 17.3 Å². The molecule has 1 N–H and O–H groups in total. The highest BCUT2D eigenvalue weighted by Crippen LogP contribution is 2.34. The van der Waals surface area contributed by atoms with Gasteiger partial charge in [-0.25, -0.2) is 0 Å². The highest BCUT2D eigenvalue weighted by Gasteiger charge is 2.30. The third-order valence-electron chi connectivity index (χ3n) is 4.62. The number of nitrogens with one attached hydrogen (secondary N) is 1. The lowest BCUT2D eigenvalue weighted by Gasteiger charge is -2.31. The molecule has 2 atom stereocenters. The summed E-state index contributed by atoms with van der Waals surface area (Å²) in [7, 11) is 1.99. The zero-order valence-electron chi connectivity index (χ0n) is 13.6. The van der Waals surface area contributed by atoms with Crippen LogP contribution in [0.2, 0.25) is 0 Å². The third kappa shape index (κ3) is 4.79. The lowest BCUT2D eigenvalue weighted by Crippen LogP contribution is -2.45. The summed E-state index contributed by atoms with van der Waals surface area (Å²) in [5.41, 5.74) is 0.316. The van der Waals surface area contributed by atoms with Crippen LogP contribution in [0.3, 0.4) is 0 Å². The van der Waals surface area contributed by atoms with Gasteiger partial charge in [0.05, 0.1) is 0 Å². The molecular formula is C16H32N2O. The van der Waals surface area contributed by atoms with Gasteiger partial charge in [-0.15, -0.1) is 0 Å². The number of amides is 1. The van der Waals surface area contributed by atoms with Gasteiger partial charge in [-0.3, -0.25) is 4.79 Å². The van der Waals surface area contributed by atoms with Crippen LogP contribution in [0.5, 0.6) is 0 Å². The molecule has 0 aromatic rings. The summed E-state index contributed by atoms with van der Waals surface area (Å²) in [6.45, 7) is 13.1. The second-order valence-electron chi connectivity index (χ2n) is 7.37. The minimum absolute atomic E-state index is 0.316. The molecule has 0 spiro atoms. The topological polar surface area (TPSA) is 32.3 Å². The van der Waals surface area contributed by atoms with Gasteiger partial charge >= 0.3 is 0 Å². The van der Waals surface area contributed by atoms with Crippen molar-refractivity contribution in [2.75, 3.05) is 20.1 Å². The predicted octanol–water partition coefficient (Wildman–Crippen LogP) is 2.91. The van der Waals surface area contributed by atoms with Crippen LogP contribution in [0.4, 0.5) is 0 Å². The van der Waals surface area contributed by atoms with E-state index in [1.165, 1.54) is 0 Å². The highest BCUT2D eigenvalue weighted by molar-refractivity contribution is 5.76. The van der Waals surface area contributed by atoms with Gasteiger partial charge in [0, 0.05) is 25.6 Å². The van der Waals surface area contributed by atoms with Gasteiger partial charge in [0.15, 0.2) is 0 Å². The summed E-state index contributed by atoms with van der Waals surface area (Å²) in [6, 6.07) is 0.398. The maximum absolute atomic E-state index is 12.3. The molecule has 0 saturated carbocycles. The van der Waals surface area contributed by atoms with Gasteiger partial charge in [0.25, 0.3) is 0 Å². The van der Waals surface area contributed by atoms with Crippen molar-refractivity contribution in [3.05, 3.63) is 0 Å². The summed E-state index contributed by atoms with van der Waals surface area (Å²) in [4.78, 5) is 14.3. The van der Waals surface area contributed by atoms with Crippen LogP contribution in [-0.4, -0.2) is 37.0 Å². The smallest absolute Gasteiger partial charge is 0.222 e. The lowest BCUT2D eigenvalue weighted by molar-refractivity contribution is -0.131. The van der Waals surface area contributed by atoms with Gasteiger partial charge in [0.2, 0.25) is 5.91 Å². The van der Waals surface area contributed by atoms with E-state index < -0.39 is 0 Å². The van der Waals surface area contributed by atoms with Crippen LogP contribution in [0.25, 0.3) is 0 Å². The Morgan fingerprint density at radius 1 is 1.32 bits per heavy atom. The number of hydrogen-bond donors (Lipinski definition) is 1. The highest BCUT2D eigenvalue weighted by atomic mass is 16.2. The van der Waals surface area contributed by atoms with Gasteiger partial charge in [0.1, 0.15) is 0 Å². The normalized spacial score (nSPS) is 23.6. The standard InChI is InChI=1S/C16H32N2O/c1-12(2)14(17-6)11-18-10-9-13(16(3,4)5)7-8-15(18)19/h12-14,17H,7-11H2,1-6H3. The van der Waals surface area contributed by atoms with E-state index in [9.17, 15) is 4.79 Å². The van der Waals surface area contributed by atoms with E-state index in [1.54, 1.807) is 0 Å². The number of carbonyl (C=O) groups is 1. The van der Waals surface area contributed by atoms with Crippen molar-refractivity contribution in [3.8, 4) is 0 Å². The van der Waals surface area contributed by atoms with Crippen molar-refractivity contribution >= 4 is 5.91 Å². The molecule has 0 radical (unpaired) electrons. The molecule has 3 nitrogen and oxygen atoms in total. The Bertz CT molecular complexity index is 294. The second-order valence-corrected chi connectivity index (χ2v) is 7.37. The van der Waals surface area contributed by atoms with Crippen molar-refractivity contribution in [3.63, 3.8) is 0 Å². The van der Waals surface area contributed by atoms with Crippen molar-refractivity contribution in [1.82, 2.24) is 10.2 Å². The van der Waals surface area contributed by atoms with E-state index in [0.29, 0.717) is 29.2 Å². The van der Waals surface area contributed by atoms with Crippen LogP contribution in [0.15, 0.2) is 0 Å². The molecule has 112 valence electrons. The molecular weight excluding hydrogens is 236 g/mol. The minimum atomic E-state index is 0.316. The lowest BCUT2D eigenvalue weighted by atomic mass is 9.77. The van der Waals surface area contributed by atoms with Crippen LogP contribution in [-0.2, 0) is 4.79 Å². The second kappa shape index (κ2) is 6.74. The summed E-state index contributed by atoms with van der Waals surface area (Å²) in [5, 5.41) is 3.34. The first kappa shape index (κ1) is 16.5. The van der Waals surface area contributed by atoms with Gasteiger partial charge < -0.3 is 10.2 Å². The molecule has 1 amide bonds. The van der Waals surface area contributed by atoms with E-state index in [4.69, 9.17) is 0 Å². The quantitative estimate of drug-likeness (QED) is 0.850. The number of likely N-dealkylation sites (N-methyl/N-ethyl adjacent to an activating group) is 1. The van der Waals surface area contributed by atoms with E-state index in [2.05, 4.69) is 44.8 Å². The molecule has 2 unspecified atom stereocenters. The number of rotatable bonds is 4. The minimum Gasteiger partial charge on any atom is -0.341 e. The average molecular weight is 268 g/mol. The molecule has 1 aliphatic heterocycles. The van der Waals surface area contributed by atoms with Crippen LogP contribution in [0, 0.1) is 17.3 Å². The van der Waals surface area contributed by atoms with Crippen molar-refractivity contribution in [1.29, 1.82) is 0 Å². The Morgan fingerprint density at radius 2 is 1.95 bits per heavy atom. The van der Waals surface area contributed by atoms with Crippen LogP contribution in [0.1, 0.15) is 53.9 Å². The maximum atomic E-state index is 12.3. The molecule has 1 aliphatic rings. The van der Waals surface area contributed by atoms with Crippen LogP contribution < -0.4 is 5.32 Å². The molecule has 0 aromatic heterocycles. The van der Waals surface area contributed by atoms with Gasteiger partial charge in [-0.05, 0) is 37.1 Å². The first-order valence-corrected chi connectivity index (χ1v) is 7.70. The van der Waals surface area contributed by atoms with E-state index in [1.807, 2.05) is 7.05 Å². The number of likely N-dealkylation sites (tertiary alicyclic amines) is 1. The molecule has 3 heteroatoms. The Balaban J connectivity index is 2.63. The van der Waals surface area contributed by atoms with Gasteiger partial charge in [-0.2, -0.15) is 0 Å². The number of hydrogen-bond acceptors (Lipinski definition) is 2. The van der Waals surface area contributed by atoms with E-state index in [0.717, 1.165) is 32.4 Å². The third-order valence-corrected chi connectivity index (χ3v) is 4.62. The fourth-order valence-corrected chi connectivity index (χ4v) is 2.97. The summed E-state index contributed by atoms with van der Waals surface area (Å²) >= 11 is 0. The molecule has 0 aromatic carbocycles. The Morgan fingerprint density at radius 3 is 2.42 bits per heavy atom. The van der Waals surface area contributed by atoms with E-state index >= 15 is 0 Å². The molecule has 0 aliphatic carbocycles. The summed E-state index contributed by atoms with van der Waals surface area (Å²) in [5.74, 6) is 1.56. The molecule has 1 fully saturated rings. The SMILES string of the molecule is CNC(CN1CCC(C(C)(C)C)CCC1=O)C(C)C. The molecule has 1 saturated heterocycles. The molecule has 0 bridgehead atoms. The van der Waals surface area contributed by atoms with Gasteiger partial charge in [-0.1, -0.05) is 34.6 Å². The molecule has 1 rings (SSSR count). The zero-order chi connectivity index (χ0) is 14.6. The molecule has 19 heavy (non-hydrogen) atoms. The van der Waals surface area contributed by atoms with Crippen molar-refractivity contribution in [2.45, 2.75) is 59.9 Å². The first-order valence-electron chi connectivity index (χ1n) is 7.70. The number of nitrogens with zero attached hydrogens (tertiary/aromatic N) is 1. The van der Waals surface area contributed by atoms with Crippen LogP contribution >= 0.6 is 0 Å². The molecule has 1 heterocycles. The zero-order valence-corrected chi connectivity index (χ0v) is 13.6. The fraction of sp³-hybridized carbons (Fsp3) is 0.938. The monoisotopic (exact) mass is 268 g/mol. The maximum Gasteiger partial charge on any atom is 0.222 e. The summed E-state index contributed by atoms with van der Waals surface area (Å²) in [6.07, 6.45) is 2.91. The first-order chi connectivity index (χ1) is 8.75. The van der Waals surface area contributed by atoms with Crippen molar-refractivity contribution < 1.29 is 4.79 Å². The fourth-order valence-electron chi connectivity index (χ4n) is 2.97. The largest absolute Gasteiger partial charge is 0.341 e. The average Bonchev–Trinajstić information content (AvgIpc) is 2.47. The number of carbonyl (C=O) groups excluding carboxylic acids is 1. The summed E-state index contributed by atoms with van der Waals surface area (Å²) < 4.78 is 0. The van der Waals surface area contributed by atoms with E-state index in [-0.39, 0.29) is 0 Å². The predicted molar refractivity (Wildman–Crippen MR) is 81.1 cm³/mol. The Hall–Kier alpha value is -0.570. The Kier molecular flexibility index (Phi) is 5.84. The Labute approximate surface area is 119 Å².